The number of benzene rings is 2. The molecule has 5 heteroatoms. The van der Waals surface area contributed by atoms with E-state index in [-0.39, 0.29) is 17.4 Å². The lowest BCUT2D eigenvalue weighted by Crippen LogP contribution is -2.36. The fraction of sp³-hybridized carbons (Fsp3) is 0.273. The standard InChI is InChI=1S/C22H21N3O2/c26-20-14-22(15-23-20)12-13-25(16-22)21(27)24-19-9-5-4-8-18(19)11-10-17-6-2-1-3-7-17/h1-9H,12-16H2,(H,23,26)(H,24,27). The van der Waals surface area contributed by atoms with Gasteiger partial charge in [-0.3, -0.25) is 4.79 Å². The summed E-state index contributed by atoms with van der Waals surface area (Å²) < 4.78 is 0. The van der Waals surface area contributed by atoms with Crippen molar-refractivity contribution in [3.05, 3.63) is 65.7 Å². The minimum absolute atomic E-state index is 0.0822. The van der Waals surface area contributed by atoms with Crippen LogP contribution in [0.5, 0.6) is 0 Å². The second-order valence-electron chi connectivity index (χ2n) is 7.22. The molecule has 0 aliphatic carbocycles. The van der Waals surface area contributed by atoms with Crippen molar-refractivity contribution >= 4 is 17.6 Å². The summed E-state index contributed by atoms with van der Waals surface area (Å²) in [4.78, 5) is 26.1. The Balaban J connectivity index is 1.46. The highest BCUT2D eigenvalue weighted by molar-refractivity contribution is 5.91. The third-order valence-electron chi connectivity index (χ3n) is 5.21. The summed E-state index contributed by atoms with van der Waals surface area (Å²) in [6.45, 7) is 1.93. The number of carbonyl (C=O) groups is 2. The number of nitrogens with one attached hydrogen (secondary N) is 2. The molecule has 0 radical (unpaired) electrons. The first-order valence-electron chi connectivity index (χ1n) is 9.12. The molecule has 1 unspecified atom stereocenters. The number of hydrogen-bond donors (Lipinski definition) is 2. The van der Waals surface area contributed by atoms with Gasteiger partial charge in [-0.25, -0.2) is 4.79 Å². The number of carbonyl (C=O) groups excluding carboxylic acids is 2. The number of hydrogen-bond acceptors (Lipinski definition) is 2. The minimum Gasteiger partial charge on any atom is -0.355 e. The average molecular weight is 359 g/mol. The summed E-state index contributed by atoms with van der Waals surface area (Å²) in [5.41, 5.74) is 2.31. The van der Waals surface area contributed by atoms with Crippen molar-refractivity contribution in [3.8, 4) is 11.8 Å². The van der Waals surface area contributed by atoms with Crippen LogP contribution in [0.1, 0.15) is 24.0 Å². The van der Waals surface area contributed by atoms with Crippen LogP contribution in [0.3, 0.4) is 0 Å². The molecule has 2 aliphatic rings. The van der Waals surface area contributed by atoms with Gasteiger partial charge >= 0.3 is 6.03 Å². The topological polar surface area (TPSA) is 61.4 Å². The van der Waals surface area contributed by atoms with Crippen LogP contribution < -0.4 is 10.6 Å². The molecule has 4 rings (SSSR count). The zero-order valence-corrected chi connectivity index (χ0v) is 15.0. The molecule has 2 N–H and O–H groups in total. The van der Waals surface area contributed by atoms with E-state index >= 15 is 0 Å². The van der Waals surface area contributed by atoms with Crippen LogP contribution in [0.25, 0.3) is 0 Å². The molecule has 2 saturated heterocycles. The fourth-order valence-electron chi connectivity index (χ4n) is 3.71. The minimum atomic E-state index is -0.139. The molecule has 2 aromatic rings. The van der Waals surface area contributed by atoms with Gasteiger partial charge in [-0.1, -0.05) is 42.2 Å². The molecular formula is C22H21N3O2. The summed E-state index contributed by atoms with van der Waals surface area (Å²) in [6, 6.07) is 17.2. The second-order valence-corrected chi connectivity index (χ2v) is 7.22. The Morgan fingerprint density at radius 1 is 1.07 bits per heavy atom. The molecule has 2 heterocycles. The summed E-state index contributed by atoms with van der Waals surface area (Å²) >= 11 is 0. The summed E-state index contributed by atoms with van der Waals surface area (Å²) in [7, 11) is 0. The molecule has 1 atom stereocenters. The van der Waals surface area contributed by atoms with E-state index in [0.717, 1.165) is 17.5 Å². The lowest BCUT2D eigenvalue weighted by Gasteiger charge is -2.22. The maximum absolute atomic E-state index is 12.7. The summed E-state index contributed by atoms with van der Waals surface area (Å²) in [5.74, 6) is 6.35. The molecule has 1 spiro atoms. The van der Waals surface area contributed by atoms with E-state index in [0.29, 0.717) is 31.7 Å². The van der Waals surface area contributed by atoms with Gasteiger partial charge < -0.3 is 15.5 Å². The van der Waals surface area contributed by atoms with E-state index in [1.54, 1.807) is 4.90 Å². The first kappa shape index (κ1) is 17.2. The number of anilines is 1. The predicted octanol–water partition coefficient (Wildman–Crippen LogP) is 2.83. The normalized spacial score (nSPS) is 20.9. The van der Waals surface area contributed by atoms with Crippen LogP contribution in [0.2, 0.25) is 0 Å². The Bertz CT molecular complexity index is 929. The van der Waals surface area contributed by atoms with Crippen molar-refractivity contribution in [1.29, 1.82) is 0 Å². The Morgan fingerprint density at radius 3 is 2.63 bits per heavy atom. The van der Waals surface area contributed by atoms with Crippen LogP contribution in [0.15, 0.2) is 54.6 Å². The van der Waals surface area contributed by atoms with Gasteiger partial charge in [0.1, 0.15) is 0 Å². The maximum atomic E-state index is 12.7. The molecular weight excluding hydrogens is 338 g/mol. The van der Waals surface area contributed by atoms with Gasteiger partial charge in [-0.15, -0.1) is 0 Å². The van der Waals surface area contributed by atoms with E-state index < -0.39 is 0 Å². The molecule has 3 amide bonds. The smallest absolute Gasteiger partial charge is 0.321 e. The van der Waals surface area contributed by atoms with E-state index in [4.69, 9.17) is 0 Å². The van der Waals surface area contributed by atoms with Crippen molar-refractivity contribution in [2.24, 2.45) is 5.41 Å². The number of para-hydroxylation sites is 1. The van der Waals surface area contributed by atoms with Gasteiger partial charge in [0.25, 0.3) is 0 Å². The number of urea groups is 1. The predicted molar refractivity (Wildman–Crippen MR) is 104 cm³/mol. The largest absolute Gasteiger partial charge is 0.355 e. The SMILES string of the molecule is O=C1CC2(CCN(C(=O)Nc3ccccc3C#Cc3ccccc3)C2)CN1. The van der Waals surface area contributed by atoms with Crippen LogP contribution >= 0.6 is 0 Å². The fourth-order valence-corrected chi connectivity index (χ4v) is 3.71. The monoisotopic (exact) mass is 359 g/mol. The molecule has 136 valence electrons. The van der Waals surface area contributed by atoms with Crippen LogP contribution in [0.4, 0.5) is 10.5 Å². The van der Waals surface area contributed by atoms with E-state index in [1.165, 1.54) is 0 Å². The van der Waals surface area contributed by atoms with Crippen LogP contribution in [-0.4, -0.2) is 36.5 Å². The van der Waals surface area contributed by atoms with E-state index in [2.05, 4.69) is 22.5 Å². The van der Waals surface area contributed by atoms with E-state index in [1.807, 2.05) is 54.6 Å². The van der Waals surface area contributed by atoms with Crippen LogP contribution in [0, 0.1) is 17.3 Å². The van der Waals surface area contributed by atoms with Gasteiger partial charge in [0.15, 0.2) is 0 Å². The summed E-state index contributed by atoms with van der Waals surface area (Å²) in [5, 5.41) is 5.87. The Morgan fingerprint density at radius 2 is 1.85 bits per heavy atom. The third kappa shape index (κ3) is 3.80. The zero-order valence-electron chi connectivity index (χ0n) is 15.0. The molecule has 27 heavy (non-hydrogen) atoms. The first-order chi connectivity index (χ1) is 13.1. The molecule has 0 bridgehead atoms. The van der Waals surface area contributed by atoms with Crippen molar-refractivity contribution in [1.82, 2.24) is 10.2 Å². The molecule has 2 aliphatic heterocycles. The molecule has 0 saturated carbocycles. The Hall–Kier alpha value is -3.26. The van der Waals surface area contributed by atoms with Crippen molar-refractivity contribution < 1.29 is 9.59 Å². The maximum Gasteiger partial charge on any atom is 0.321 e. The lowest BCUT2D eigenvalue weighted by atomic mass is 9.86. The first-order valence-corrected chi connectivity index (χ1v) is 9.12. The van der Waals surface area contributed by atoms with Crippen molar-refractivity contribution in [3.63, 3.8) is 0 Å². The molecule has 2 fully saturated rings. The highest BCUT2D eigenvalue weighted by Crippen LogP contribution is 2.36. The number of rotatable bonds is 1. The quantitative estimate of drug-likeness (QED) is 0.769. The highest BCUT2D eigenvalue weighted by Gasteiger charge is 2.45. The molecule has 5 nitrogen and oxygen atoms in total. The van der Waals surface area contributed by atoms with Gasteiger partial charge in [-0.05, 0) is 30.7 Å². The summed E-state index contributed by atoms with van der Waals surface area (Å²) in [6.07, 6.45) is 1.37. The Kier molecular flexibility index (Phi) is 4.55. The van der Waals surface area contributed by atoms with Gasteiger partial charge in [-0.2, -0.15) is 0 Å². The molecule has 0 aromatic heterocycles. The molecule has 2 aromatic carbocycles. The van der Waals surface area contributed by atoms with Gasteiger partial charge in [0.05, 0.1) is 5.69 Å². The third-order valence-corrected chi connectivity index (χ3v) is 5.21. The highest BCUT2D eigenvalue weighted by atomic mass is 16.2. The lowest BCUT2D eigenvalue weighted by molar-refractivity contribution is -0.119. The van der Waals surface area contributed by atoms with Crippen molar-refractivity contribution in [2.75, 3.05) is 25.0 Å². The zero-order chi connectivity index (χ0) is 18.7. The number of likely N-dealkylation sites (tertiary alicyclic amines) is 1. The van der Waals surface area contributed by atoms with Crippen LogP contribution in [-0.2, 0) is 4.79 Å². The second kappa shape index (κ2) is 7.16. The van der Waals surface area contributed by atoms with Gasteiger partial charge in [0, 0.05) is 42.6 Å². The van der Waals surface area contributed by atoms with Gasteiger partial charge in [0.2, 0.25) is 5.91 Å². The van der Waals surface area contributed by atoms with E-state index in [9.17, 15) is 9.59 Å². The van der Waals surface area contributed by atoms with Crippen molar-refractivity contribution in [2.45, 2.75) is 12.8 Å². The average Bonchev–Trinajstić information content (AvgIpc) is 3.27. The number of nitrogens with zero attached hydrogens (tertiary/aromatic N) is 1. The Labute approximate surface area is 158 Å². The number of amides is 3.